The summed E-state index contributed by atoms with van der Waals surface area (Å²) in [6.07, 6.45) is 0.830. The molecule has 0 bridgehead atoms. The first-order valence-electron chi connectivity index (χ1n) is 6.76. The van der Waals surface area contributed by atoms with Crippen molar-refractivity contribution in [2.24, 2.45) is 0 Å². The number of ether oxygens (including phenoxy) is 1. The molecule has 0 radical (unpaired) electrons. The number of nitrogens with one attached hydrogen (secondary N) is 1. The summed E-state index contributed by atoms with van der Waals surface area (Å²) in [5.74, 6) is -0.973. The first-order valence-corrected chi connectivity index (χ1v) is 6.76. The molecule has 2 rings (SSSR count). The second-order valence-electron chi connectivity index (χ2n) is 4.75. The SMILES string of the molecule is CC(=O)OC(C)NC(=O)c1ncc(-c2ccccc2)cc1N. The van der Waals surface area contributed by atoms with Gasteiger partial charge in [-0.15, -0.1) is 0 Å². The summed E-state index contributed by atoms with van der Waals surface area (Å²) in [6.45, 7) is 2.82. The van der Waals surface area contributed by atoms with Crippen LogP contribution in [-0.4, -0.2) is 23.1 Å². The van der Waals surface area contributed by atoms with Crippen LogP contribution in [0.5, 0.6) is 0 Å². The van der Waals surface area contributed by atoms with Crippen molar-refractivity contribution in [1.29, 1.82) is 0 Å². The van der Waals surface area contributed by atoms with Gasteiger partial charge in [0.25, 0.3) is 5.91 Å². The second-order valence-corrected chi connectivity index (χ2v) is 4.75. The van der Waals surface area contributed by atoms with Gasteiger partial charge in [0.1, 0.15) is 0 Å². The van der Waals surface area contributed by atoms with Crippen LogP contribution >= 0.6 is 0 Å². The lowest BCUT2D eigenvalue weighted by Crippen LogP contribution is -2.36. The van der Waals surface area contributed by atoms with Crippen LogP contribution in [-0.2, 0) is 9.53 Å². The average Bonchev–Trinajstić information content (AvgIpc) is 2.46. The molecule has 0 fully saturated rings. The van der Waals surface area contributed by atoms with Gasteiger partial charge in [0.05, 0.1) is 5.69 Å². The van der Waals surface area contributed by atoms with Gasteiger partial charge in [-0.2, -0.15) is 0 Å². The summed E-state index contributed by atoms with van der Waals surface area (Å²) in [4.78, 5) is 27.0. The number of esters is 1. The van der Waals surface area contributed by atoms with Crippen molar-refractivity contribution in [2.45, 2.75) is 20.1 Å². The van der Waals surface area contributed by atoms with Crippen LogP contribution in [0.1, 0.15) is 24.3 Å². The number of aromatic nitrogens is 1. The molecule has 1 amide bonds. The van der Waals surface area contributed by atoms with Crippen molar-refractivity contribution >= 4 is 17.6 Å². The second kappa shape index (κ2) is 6.71. The standard InChI is InChI=1S/C16H17N3O3/c1-10(22-11(2)20)19-16(21)15-14(17)8-13(9-18-15)12-6-4-3-5-7-12/h3-10H,17H2,1-2H3,(H,19,21). The lowest BCUT2D eigenvalue weighted by molar-refractivity contribution is -0.146. The normalized spacial score (nSPS) is 11.5. The van der Waals surface area contributed by atoms with E-state index in [0.29, 0.717) is 0 Å². The maximum absolute atomic E-state index is 12.1. The number of nitrogen functional groups attached to an aromatic ring is 1. The third-order valence-corrected chi connectivity index (χ3v) is 2.92. The van der Waals surface area contributed by atoms with Gasteiger partial charge in [-0.3, -0.25) is 9.59 Å². The Hall–Kier alpha value is -2.89. The number of nitrogens with two attached hydrogens (primary N) is 1. The zero-order valence-corrected chi connectivity index (χ0v) is 12.4. The summed E-state index contributed by atoms with van der Waals surface area (Å²) >= 11 is 0. The van der Waals surface area contributed by atoms with Crippen molar-refractivity contribution in [3.63, 3.8) is 0 Å². The molecule has 0 saturated heterocycles. The van der Waals surface area contributed by atoms with Crippen molar-refractivity contribution in [1.82, 2.24) is 10.3 Å². The molecule has 1 unspecified atom stereocenters. The molecule has 1 atom stereocenters. The number of pyridine rings is 1. The van der Waals surface area contributed by atoms with Gasteiger partial charge in [-0.05, 0) is 18.6 Å². The Balaban J connectivity index is 2.16. The lowest BCUT2D eigenvalue weighted by atomic mass is 10.1. The highest BCUT2D eigenvalue weighted by atomic mass is 16.6. The van der Waals surface area contributed by atoms with Crippen molar-refractivity contribution in [3.05, 3.63) is 48.3 Å². The van der Waals surface area contributed by atoms with Gasteiger partial charge in [-0.1, -0.05) is 30.3 Å². The van der Waals surface area contributed by atoms with Crippen LogP contribution < -0.4 is 11.1 Å². The van der Waals surface area contributed by atoms with Crippen LogP contribution in [0.3, 0.4) is 0 Å². The average molecular weight is 299 g/mol. The van der Waals surface area contributed by atoms with E-state index in [1.54, 1.807) is 19.2 Å². The van der Waals surface area contributed by atoms with Gasteiger partial charge < -0.3 is 15.8 Å². The predicted octanol–water partition coefficient (Wildman–Crippen LogP) is 1.97. The Morgan fingerprint density at radius 3 is 2.50 bits per heavy atom. The molecule has 0 spiro atoms. The molecule has 2 aromatic rings. The lowest BCUT2D eigenvalue weighted by Gasteiger charge is -2.14. The van der Waals surface area contributed by atoms with Gasteiger partial charge in [0, 0.05) is 18.7 Å². The van der Waals surface area contributed by atoms with Crippen LogP contribution in [0.15, 0.2) is 42.6 Å². The van der Waals surface area contributed by atoms with Crippen LogP contribution in [0.4, 0.5) is 5.69 Å². The number of benzene rings is 1. The van der Waals surface area contributed by atoms with Crippen molar-refractivity contribution < 1.29 is 14.3 Å². The van der Waals surface area contributed by atoms with E-state index in [-0.39, 0.29) is 11.4 Å². The maximum atomic E-state index is 12.1. The summed E-state index contributed by atoms with van der Waals surface area (Å²) in [5.41, 5.74) is 8.04. The molecular formula is C16H17N3O3. The van der Waals surface area contributed by atoms with Crippen molar-refractivity contribution in [3.8, 4) is 11.1 Å². The number of nitrogens with zero attached hydrogens (tertiary/aromatic N) is 1. The highest BCUT2D eigenvalue weighted by Crippen LogP contribution is 2.21. The Kier molecular flexibility index (Phi) is 4.73. The number of hydrogen-bond acceptors (Lipinski definition) is 5. The summed E-state index contributed by atoms with van der Waals surface area (Å²) < 4.78 is 4.84. The Labute approximate surface area is 128 Å². The van der Waals surface area contributed by atoms with Crippen LogP contribution in [0, 0.1) is 0 Å². The molecule has 0 aliphatic heterocycles. The third-order valence-electron chi connectivity index (χ3n) is 2.92. The fourth-order valence-corrected chi connectivity index (χ4v) is 1.99. The Morgan fingerprint density at radius 1 is 1.23 bits per heavy atom. The number of hydrogen-bond donors (Lipinski definition) is 2. The smallest absolute Gasteiger partial charge is 0.304 e. The zero-order chi connectivity index (χ0) is 16.1. The molecule has 6 heteroatoms. The molecule has 114 valence electrons. The van der Waals surface area contributed by atoms with Gasteiger partial charge in [0.2, 0.25) is 0 Å². The fraction of sp³-hybridized carbons (Fsp3) is 0.188. The van der Waals surface area contributed by atoms with E-state index in [1.165, 1.54) is 6.92 Å². The summed E-state index contributed by atoms with van der Waals surface area (Å²) in [7, 11) is 0. The fourth-order valence-electron chi connectivity index (χ4n) is 1.99. The minimum Gasteiger partial charge on any atom is -0.442 e. The first-order chi connectivity index (χ1) is 10.5. The molecule has 6 nitrogen and oxygen atoms in total. The third kappa shape index (κ3) is 3.82. The number of rotatable bonds is 4. The van der Waals surface area contributed by atoms with E-state index in [1.807, 2.05) is 30.3 Å². The van der Waals surface area contributed by atoms with Gasteiger partial charge >= 0.3 is 5.97 Å². The molecule has 1 heterocycles. The number of carbonyl (C=O) groups excluding carboxylic acids is 2. The van der Waals surface area contributed by atoms with Crippen LogP contribution in [0.2, 0.25) is 0 Å². The number of carbonyl (C=O) groups is 2. The monoisotopic (exact) mass is 299 g/mol. The zero-order valence-electron chi connectivity index (χ0n) is 12.4. The summed E-state index contributed by atoms with van der Waals surface area (Å²) in [6, 6.07) is 11.3. The van der Waals surface area contributed by atoms with Crippen molar-refractivity contribution in [2.75, 3.05) is 5.73 Å². The molecule has 1 aromatic heterocycles. The van der Waals surface area contributed by atoms with Gasteiger partial charge in [-0.25, -0.2) is 4.98 Å². The topological polar surface area (TPSA) is 94.3 Å². The molecule has 0 aliphatic rings. The number of anilines is 1. The first kappa shape index (κ1) is 15.5. The molecule has 0 saturated carbocycles. The largest absolute Gasteiger partial charge is 0.442 e. The maximum Gasteiger partial charge on any atom is 0.304 e. The predicted molar refractivity (Wildman–Crippen MR) is 82.8 cm³/mol. The Morgan fingerprint density at radius 2 is 1.91 bits per heavy atom. The van der Waals surface area contributed by atoms with E-state index in [0.717, 1.165) is 11.1 Å². The van der Waals surface area contributed by atoms with E-state index in [2.05, 4.69) is 10.3 Å². The minimum absolute atomic E-state index is 0.0960. The quantitative estimate of drug-likeness (QED) is 0.665. The van der Waals surface area contributed by atoms with E-state index < -0.39 is 18.1 Å². The van der Waals surface area contributed by atoms with E-state index >= 15 is 0 Å². The van der Waals surface area contributed by atoms with E-state index in [4.69, 9.17) is 10.5 Å². The Bertz CT molecular complexity index is 686. The molecule has 1 aromatic carbocycles. The molecule has 3 N–H and O–H groups in total. The molecular weight excluding hydrogens is 282 g/mol. The molecule has 0 aliphatic carbocycles. The number of amides is 1. The van der Waals surface area contributed by atoms with E-state index in [9.17, 15) is 9.59 Å². The highest BCUT2D eigenvalue weighted by molar-refractivity contribution is 5.97. The molecule has 22 heavy (non-hydrogen) atoms. The van der Waals surface area contributed by atoms with Crippen LogP contribution in [0.25, 0.3) is 11.1 Å². The highest BCUT2D eigenvalue weighted by Gasteiger charge is 2.16. The summed E-state index contributed by atoms with van der Waals surface area (Å²) in [5, 5.41) is 2.50. The minimum atomic E-state index is -0.750. The van der Waals surface area contributed by atoms with Gasteiger partial charge in [0.15, 0.2) is 11.9 Å².